The lowest BCUT2D eigenvalue weighted by atomic mass is 10.0. The van der Waals surface area contributed by atoms with Gasteiger partial charge in [-0.25, -0.2) is 9.13 Å². The summed E-state index contributed by atoms with van der Waals surface area (Å²) in [5.74, 6) is -1.64. The van der Waals surface area contributed by atoms with Crippen molar-refractivity contribution in [1.29, 1.82) is 0 Å². The molecule has 0 bridgehead atoms. The fraction of sp³-hybridized carbons (Fsp3) is 0.633. The molecule has 0 saturated carbocycles. The Hall–Kier alpha value is -4.83. The number of aliphatic hydroxyl groups is 2. The fourth-order valence-electron chi connectivity index (χ4n) is 9.23. The Labute approximate surface area is 587 Å². The van der Waals surface area contributed by atoms with Gasteiger partial charge in [-0.1, -0.05) is 262 Å². The Bertz CT molecular complexity index is 2400. The zero-order chi connectivity index (χ0) is 70.9. The molecule has 0 aromatic rings. The van der Waals surface area contributed by atoms with Gasteiger partial charge in [-0.15, -0.1) is 0 Å². The minimum Gasteiger partial charge on any atom is -0.463 e. The summed E-state index contributed by atoms with van der Waals surface area (Å²) < 4.78 is 61.0. The molecule has 0 saturated heterocycles. The van der Waals surface area contributed by atoms with Crippen LogP contribution < -0.4 is 0 Å². The minimum absolute atomic E-state index is 0.0656. The first-order valence-corrected chi connectivity index (χ1v) is 39.8. The standard InChI is InChI=1S/C79H130O16P2/c1-4-7-10-13-16-19-22-25-28-31-32-33-34-35-36-37-38-39-40-43-45-47-50-53-56-59-62-65-77(82)89-68-74(80)69-91-96(85,86)92-70-75(81)71-93-97(87,88)94-73-76(95-79(84)67-64-61-58-55-52-49-46-42-30-27-24-21-18-15-12-9-6-3)72-90-78(83)66-63-60-57-54-51-48-44-41-29-26-23-20-17-14-11-8-5-2/h7-12,16-21,25-30,32-33,35-36,44,46,48-49,74-76,80-81H,4-6,13-15,22-24,31,34,37-43,45,47,50-73H2,1-3H3,(H,85,86)(H,87,88)/b10-7-,11-8-,12-9-,19-16-,20-17-,21-18-,28-25-,29-26-,30-27-,33-32-,36-35-,48-44-,49-46-. The lowest BCUT2D eigenvalue weighted by Gasteiger charge is -2.21. The van der Waals surface area contributed by atoms with Crippen LogP contribution in [0.1, 0.15) is 265 Å². The maximum Gasteiger partial charge on any atom is 0.472 e. The number of hydrogen-bond acceptors (Lipinski definition) is 14. The van der Waals surface area contributed by atoms with Gasteiger partial charge >= 0.3 is 33.6 Å². The molecule has 5 unspecified atom stereocenters. The number of hydrogen-bond donors (Lipinski definition) is 4. The number of phosphoric acid groups is 2. The number of allylic oxidation sites excluding steroid dienone is 26. The minimum atomic E-state index is -4.95. The summed E-state index contributed by atoms with van der Waals surface area (Å²) in [6.45, 7) is 2.25. The number of esters is 3. The van der Waals surface area contributed by atoms with E-state index in [1.54, 1.807) is 0 Å². The van der Waals surface area contributed by atoms with Crippen LogP contribution in [0.4, 0.5) is 0 Å². The fourth-order valence-corrected chi connectivity index (χ4v) is 10.8. The summed E-state index contributed by atoms with van der Waals surface area (Å²) in [6, 6.07) is 0. The molecule has 0 amide bonds. The van der Waals surface area contributed by atoms with Gasteiger partial charge in [-0.05, 0) is 141 Å². The molecular formula is C79H130O16P2. The third kappa shape index (κ3) is 72.2. The average molecular weight is 1400 g/mol. The third-order valence-corrected chi connectivity index (χ3v) is 16.6. The van der Waals surface area contributed by atoms with E-state index in [4.69, 9.17) is 32.3 Å². The van der Waals surface area contributed by atoms with Gasteiger partial charge in [0.2, 0.25) is 0 Å². The Morgan fingerprint density at radius 2 is 0.515 bits per heavy atom. The van der Waals surface area contributed by atoms with E-state index in [1.807, 2.05) is 0 Å². The number of ether oxygens (including phenoxy) is 3. The Balaban J connectivity index is 4.62. The molecular weight excluding hydrogens is 1270 g/mol. The summed E-state index contributed by atoms with van der Waals surface area (Å²) in [6.07, 6.45) is 87.2. The third-order valence-electron chi connectivity index (χ3n) is 14.7. The van der Waals surface area contributed by atoms with E-state index in [-0.39, 0.29) is 19.3 Å². The first kappa shape index (κ1) is 92.2. The molecule has 18 heteroatoms. The summed E-state index contributed by atoms with van der Waals surface area (Å²) in [7, 11) is -9.81. The second-order valence-electron chi connectivity index (χ2n) is 23.9. The van der Waals surface area contributed by atoms with Crippen molar-refractivity contribution in [2.45, 2.75) is 283 Å². The molecule has 0 aliphatic carbocycles. The van der Waals surface area contributed by atoms with E-state index < -0.39 is 91.5 Å². The first-order chi connectivity index (χ1) is 47.2. The van der Waals surface area contributed by atoms with Crippen molar-refractivity contribution in [1.82, 2.24) is 0 Å². The van der Waals surface area contributed by atoms with Crippen LogP contribution >= 0.6 is 15.6 Å². The summed E-state index contributed by atoms with van der Waals surface area (Å²) in [4.78, 5) is 58.5. The number of carbonyl (C=O) groups excluding carboxylic acids is 3. The Kier molecular flexibility index (Phi) is 67.5. The topological polar surface area (TPSA) is 231 Å². The van der Waals surface area contributed by atoms with Gasteiger partial charge in [-0.3, -0.25) is 32.5 Å². The molecule has 97 heavy (non-hydrogen) atoms. The van der Waals surface area contributed by atoms with Crippen LogP contribution in [0.25, 0.3) is 0 Å². The van der Waals surface area contributed by atoms with Crippen molar-refractivity contribution in [2.24, 2.45) is 0 Å². The molecule has 0 aliphatic rings. The van der Waals surface area contributed by atoms with Gasteiger partial charge in [0.25, 0.3) is 0 Å². The molecule has 16 nitrogen and oxygen atoms in total. The zero-order valence-electron chi connectivity index (χ0n) is 59.9. The smallest absolute Gasteiger partial charge is 0.463 e. The highest BCUT2D eigenvalue weighted by Crippen LogP contribution is 2.45. The van der Waals surface area contributed by atoms with Crippen molar-refractivity contribution in [2.75, 3.05) is 39.6 Å². The van der Waals surface area contributed by atoms with Crippen LogP contribution in [0.2, 0.25) is 0 Å². The molecule has 5 atom stereocenters. The Morgan fingerprint density at radius 1 is 0.289 bits per heavy atom. The van der Waals surface area contributed by atoms with Gasteiger partial charge in [0.15, 0.2) is 6.10 Å². The lowest BCUT2D eigenvalue weighted by molar-refractivity contribution is -0.161. The van der Waals surface area contributed by atoms with Crippen molar-refractivity contribution in [3.63, 3.8) is 0 Å². The number of phosphoric ester groups is 2. The molecule has 0 aromatic carbocycles. The van der Waals surface area contributed by atoms with Crippen LogP contribution in [0.15, 0.2) is 158 Å². The first-order valence-electron chi connectivity index (χ1n) is 36.8. The maximum absolute atomic E-state index is 12.9. The molecule has 0 fully saturated rings. The van der Waals surface area contributed by atoms with Crippen molar-refractivity contribution < 1.29 is 75.8 Å². The highest BCUT2D eigenvalue weighted by molar-refractivity contribution is 7.47. The SMILES string of the molecule is CC/C=C\C/C=C\C/C=C\C/C=C\C/C=C\CCCCCCCCCCCCCC(=O)OCC(O)COP(=O)(O)OCC(O)COP(=O)(O)OCC(COC(=O)CCCCCC/C=C\C/C=C\C/C=C\C/C=C\CC)OC(=O)CCCCCC/C=C\C/C=C\C/C=C\C/C=C\CC. The molecule has 0 radical (unpaired) electrons. The highest BCUT2D eigenvalue weighted by Gasteiger charge is 2.29. The summed E-state index contributed by atoms with van der Waals surface area (Å²) in [5.41, 5.74) is 0. The zero-order valence-corrected chi connectivity index (χ0v) is 61.7. The number of carbonyl (C=O) groups is 3. The second kappa shape index (κ2) is 71.0. The monoisotopic (exact) mass is 1400 g/mol. The lowest BCUT2D eigenvalue weighted by Crippen LogP contribution is -2.30. The molecule has 0 aliphatic heterocycles. The maximum atomic E-state index is 12.9. The largest absolute Gasteiger partial charge is 0.472 e. The molecule has 0 heterocycles. The van der Waals surface area contributed by atoms with Crippen LogP contribution in [-0.4, -0.2) is 95.9 Å². The summed E-state index contributed by atoms with van der Waals surface area (Å²) in [5, 5.41) is 20.6. The van der Waals surface area contributed by atoms with Gasteiger partial charge in [0.1, 0.15) is 25.4 Å². The molecule has 4 N–H and O–H groups in total. The second-order valence-corrected chi connectivity index (χ2v) is 26.9. The van der Waals surface area contributed by atoms with Crippen LogP contribution in [0.3, 0.4) is 0 Å². The quantitative estimate of drug-likeness (QED) is 0.0146. The average Bonchev–Trinajstić information content (AvgIpc) is 1.49. The van der Waals surface area contributed by atoms with Crippen LogP contribution in [-0.2, 0) is 55.8 Å². The number of aliphatic hydroxyl groups excluding tert-OH is 2. The highest BCUT2D eigenvalue weighted by atomic mass is 31.2. The number of rotatable bonds is 68. The molecule has 552 valence electrons. The van der Waals surface area contributed by atoms with Gasteiger partial charge in [0, 0.05) is 19.3 Å². The Morgan fingerprint density at radius 3 is 0.814 bits per heavy atom. The molecule has 0 rings (SSSR count). The predicted molar refractivity (Wildman–Crippen MR) is 399 cm³/mol. The van der Waals surface area contributed by atoms with E-state index in [9.17, 15) is 43.5 Å². The van der Waals surface area contributed by atoms with Crippen LogP contribution in [0.5, 0.6) is 0 Å². The summed E-state index contributed by atoms with van der Waals surface area (Å²) >= 11 is 0. The van der Waals surface area contributed by atoms with E-state index in [2.05, 4.69) is 179 Å². The molecule has 0 aromatic heterocycles. The molecule has 0 spiro atoms. The van der Waals surface area contributed by atoms with Crippen molar-refractivity contribution in [3.8, 4) is 0 Å². The van der Waals surface area contributed by atoms with E-state index in [0.717, 1.165) is 167 Å². The van der Waals surface area contributed by atoms with Crippen LogP contribution in [0, 0.1) is 0 Å². The van der Waals surface area contributed by atoms with E-state index in [0.29, 0.717) is 19.3 Å². The van der Waals surface area contributed by atoms with Crippen molar-refractivity contribution in [3.05, 3.63) is 158 Å². The van der Waals surface area contributed by atoms with Gasteiger partial charge < -0.3 is 34.2 Å². The van der Waals surface area contributed by atoms with Gasteiger partial charge in [-0.2, -0.15) is 0 Å². The van der Waals surface area contributed by atoms with Crippen molar-refractivity contribution >= 4 is 33.6 Å². The van der Waals surface area contributed by atoms with E-state index in [1.165, 1.54) is 38.5 Å². The normalized spacial score (nSPS) is 15.0. The number of unbranched alkanes of at least 4 members (excludes halogenated alkanes) is 19. The predicted octanol–water partition coefficient (Wildman–Crippen LogP) is 21.1. The van der Waals surface area contributed by atoms with Gasteiger partial charge in [0.05, 0.1) is 26.4 Å². The van der Waals surface area contributed by atoms with E-state index >= 15 is 0 Å².